The number of amides is 1. The molecule has 6 nitrogen and oxygen atoms in total. The Kier molecular flexibility index (Phi) is 4.61. The molecule has 1 aliphatic rings. The van der Waals surface area contributed by atoms with Crippen molar-refractivity contribution in [1.29, 1.82) is 0 Å². The summed E-state index contributed by atoms with van der Waals surface area (Å²) in [6, 6.07) is 6.65. The Morgan fingerprint density at radius 3 is 2.55 bits per heavy atom. The molecule has 1 heterocycles. The molecule has 0 aromatic heterocycles. The lowest BCUT2D eigenvalue weighted by Gasteiger charge is -2.21. The minimum Gasteiger partial charge on any atom is -0.444 e. The van der Waals surface area contributed by atoms with E-state index in [-0.39, 0.29) is 10.9 Å². The fourth-order valence-electron chi connectivity index (χ4n) is 1.90. The third-order valence-corrected chi connectivity index (χ3v) is 4.20. The van der Waals surface area contributed by atoms with Gasteiger partial charge in [-0.15, -0.1) is 0 Å². The van der Waals surface area contributed by atoms with E-state index in [9.17, 15) is 26.4 Å². The largest absolute Gasteiger partial charge is 0.444 e. The Balaban J connectivity index is 2.07. The number of carbonyl (C=O) groups excluding carboxylic acids is 1. The van der Waals surface area contributed by atoms with Gasteiger partial charge in [-0.2, -0.15) is 25.9 Å². The zero-order valence-electron chi connectivity index (χ0n) is 11.1. The molecule has 1 aromatic carbocycles. The van der Waals surface area contributed by atoms with Crippen LogP contribution in [0.25, 0.3) is 0 Å². The molecule has 1 amide bonds. The molecular weight excluding hydrogens is 327 g/mol. The van der Waals surface area contributed by atoms with E-state index in [1.54, 1.807) is 30.3 Å². The van der Waals surface area contributed by atoms with E-state index in [0.717, 1.165) is 0 Å². The van der Waals surface area contributed by atoms with Gasteiger partial charge >= 0.3 is 22.6 Å². The van der Waals surface area contributed by atoms with Crippen LogP contribution < -0.4 is 0 Å². The van der Waals surface area contributed by atoms with Gasteiger partial charge in [-0.3, -0.25) is 4.18 Å². The lowest BCUT2D eigenvalue weighted by atomic mass is 10.2. The SMILES string of the molecule is O=C(OCc1ccccc1)N1C(CC(F)(F)F)COS1(=O)=O. The smallest absolute Gasteiger partial charge is 0.426 e. The first kappa shape index (κ1) is 16.6. The van der Waals surface area contributed by atoms with Gasteiger partial charge in [-0.25, -0.2) is 4.79 Å². The van der Waals surface area contributed by atoms with Crippen LogP contribution in [0.15, 0.2) is 30.3 Å². The minimum atomic E-state index is -4.63. The molecule has 0 aliphatic carbocycles. The summed E-state index contributed by atoms with van der Waals surface area (Å²) < 4.78 is 69.4. The van der Waals surface area contributed by atoms with Gasteiger partial charge in [0.2, 0.25) is 0 Å². The molecule has 1 atom stereocenters. The highest BCUT2D eigenvalue weighted by molar-refractivity contribution is 7.85. The molecule has 2 rings (SSSR count). The summed E-state index contributed by atoms with van der Waals surface area (Å²) >= 11 is 0. The number of ether oxygens (including phenoxy) is 1. The average molecular weight is 339 g/mol. The fraction of sp³-hybridized carbons (Fsp3) is 0.417. The Labute approximate surface area is 124 Å². The predicted octanol–water partition coefficient (Wildman–Crippen LogP) is 2.22. The van der Waals surface area contributed by atoms with Gasteiger partial charge in [0.05, 0.1) is 19.1 Å². The van der Waals surface area contributed by atoms with Crippen LogP contribution in [0.5, 0.6) is 0 Å². The van der Waals surface area contributed by atoms with Crippen LogP contribution in [-0.4, -0.2) is 37.6 Å². The molecule has 1 aromatic rings. The monoisotopic (exact) mass is 339 g/mol. The second-order valence-corrected chi connectivity index (χ2v) is 6.04. The first-order valence-electron chi connectivity index (χ1n) is 6.15. The van der Waals surface area contributed by atoms with Crippen molar-refractivity contribution in [3.63, 3.8) is 0 Å². The quantitative estimate of drug-likeness (QED) is 0.844. The van der Waals surface area contributed by atoms with Crippen molar-refractivity contribution in [2.75, 3.05) is 6.61 Å². The summed E-state index contributed by atoms with van der Waals surface area (Å²) in [5, 5.41) is 0. The summed E-state index contributed by atoms with van der Waals surface area (Å²) in [7, 11) is -4.55. The third-order valence-electron chi connectivity index (χ3n) is 2.83. The van der Waals surface area contributed by atoms with E-state index in [0.29, 0.717) is 5.56 Å². The van der Waals surface area contributed by atoms with E-state index >= 15 is 0 Å². The minimum absolute atomic E-state index is 0.00340. The number of hydrogen-bond donors (Lipinski definition) is 0. The molecule has 0 spiro atoms. The van der Waals surface area contributed by atoms with Crippen molar-refractivity contribution in [3.05, 3.63) is 35.9 Å². The summed E-state index contributed by atoms with van der Waals surface area (Å²) in [6.45, 7) is -1.01. The van der Waals surface area contributed by atoms with Gasteiger partial charge in [0.15, 0.2) is 0 Å². The van der Waals surface area contributed by atoms with Crippen LogP contribution in [0, 0.1) is 0 Å². The van der Waals surface area contributed by atoms with Gasteiger partial charge < -0.3 is 4.74 Å². The Hall–Kier alpha value is -1.81. The molecule has 1 fully saturated rings. The molecule has 10 heteroatoms. The van der Waals surface area contributed by atoms with E-state index in [2.05, 4.69) is 4.18 Å². The highest BCUT2D eigenvalue weighted by atomic mass is 32.2. The predicted molar refractivity (Wildman–Crippen MR) is 67.8 cm³/mol. The van der Waals surface area contributed by atoms with E-state index in [4.69, 9.17) is 4.74 Å². The molecule has 122 valence electrons. The van der Waals surface area contributed by atoms with E-state index < -0.39 is 41.6 Å². The number of nitrogens with zero attached hydrogens (tertiary/aromatic N) is 1. The zero-order chi connectivity index (χ0) is 16.4. The zero-order valence-corrected chi connectivity index (χ0v) is 11.9. The van der Waals surface area contributed by atoms with E-state index in [1.807, 2.05) is 0 Å². The maximum absolute atomic E-state index is 12.4. The molecule has 1 saturated heterocycles. The normalized spacial score (nSPS) is 20.9. The maximum Gasteiger partial charge on any atom is 0.426 e. The second-order valence-electron chi connectivity index (χ2n) is 4.55. The van der Waals surface area contributed by atoms with Crippen LogP contribution in [0.2, 0.25) is 0 Å². The molecule has 22 heavy (non-hydrogen) atoms. The van der Waals surface area contributed by atoms with Crippen LogP contribution in [0.3, 0.4) is 0 Å². The van der Waals surface area contributed by atoms with Gasteiger partial charge in [0, 0.05) is 0 Å². The Bertz CT molecular complexity index is 632. The van der Waals surface area contributed by atoms with Crippen molar-refractivity contribution < 1.29 is 35.3 Å². The Morgan fingerprint density at radius 2 is 1.95 bits per heavy atom. The number of alkyl halides is 3. The van der Waals surface area contributed by atoms with Crippen molar-refractivity contribution in [3.8, 4) is 0 Å². The van der Waals surface area contributed by atoms with E-state index in [1.165, 1.54) is 0 Å². The van der Waals surface area contributed by atoms with Crippen molar-refractivity contribution >= 4 is 16.4 Å². The summed E-state index contributed by atoms with van der Waals surface area (Å²) in [5.74, 6) is 0. The van der Waals surface area contributed by atoms with Crippen LogP contribution in [0.1, 0.15) is 12.0 Å². The molecule has 1 aliphatic heterocycles. The number of rotatable bonds is 3. The number of hydrogen-bond acceptors (Lipinski definition) is 5. The number of benzene rings is 1. The van der Waals surface area contributed by atoms with Crippen LogP contribution >= 0.6 is 0 Å². The number of carbonyl (C=O) groups is 1. The van der Waals surface area contributed by atoms with Gasteiger partial charge in [-0.1, -0.05) is 30.3 Å². The highest BCUT2D eigenvalue weighted by Gasteiger charge is 2.48. The lowest BCUT2D eigenvalue weighted by Crippen LogP contribution is -2.41. The summed E-state index contributed by atoms with van der Waals surface area (Å²) in [6.07, 6.45) is -7.52. The Morgan fingerprint density at radius 1 is 1.32 bits per heavy atom. The second kappa shape index (κ2) is 6.13. The molecule has 0 saturated carbocycles. The van der Waals surface area contributed by atoms with Crippen molar-refractivity contribution in [2.24, 2.45) is 0 Å². The van der Waals surface area contributed by atoms with Gasteiger partial charge in [0.1, 0.15) is 6.61 Å². The summed E-state index contributed by atoms with van der Waals surface area (Å²) in [4.78, 5) is 11.8. The molecule has 0 radical (unpaired) electrons. The molecule has 1 unspecified atom stereocenters. The molecule has 0 bridgehead atoms. The van der Waals surface area contributed by atoms with Crippen LogP contribution in [0.4, 0.5) is 18.0 Å². The van der Waals surface area contributed by atoms with Gasteiger partial charge in [-0.05, 0) is 5.56 Å². The third kappa shape index (κ3) is 4.10. The highest BCUT2D eigenvalue weighted by Crippen LogP contribution is 2.30. The lowest BCUT2D eigenvalue weighted by molar-refractivity contribution is -0.142. The summed E-state index contributed by atoms with van der Waals surface area (Å²) in [5.41, 5.74) is 0.570. The van der Waals surface area contributed by atoms with Gasteiger partial charge in [0.25, 0.3) is 0 Å². The molecular formula is C12H12F3NO5S. The van der Waals surface area contributed by atoms with Crippen molar-refractivity contribution in [2.45, 2.75) is 25.2 Å². The number of halogens is 3. The average Bonchev–Trinajstić information content (AvgIpc) is 2.70. The van der Waals surface area contributed by atoms with Crippen molar-refractivity contribution in [1.82, 2.24) is 4.31 Å². The molecule has 0 N–H and O–H groups in total. The first-order chi connectivity index (χ1) is 10.2. The topological polar surface area (TPSA) is 72.9 Å². The maximum atomic E-state index is 12.4. The fourth-order valence-corrected chi connectivity index (χ4v) is 3.08. The first-order valence-corrected chi connectivity index (χ1v) is 7.52. The standard InChI is InChI=1S/C12H12F3NO5S/c13-12(14,15)6-10-8-21-22(18,19)16(10)11(17)20-7-9-4-2-1-3-5-9/h1-5,10H,6-8H2. The van der Waals surface area contributed by atoms with Crippen LogP contribution in [-0.2, 0) is 25.8 Å².